The van der Waals surface area contributed by atoms with Crippen molar-refractivity contribution in [2.45, 2.75) is 53.9 Å². The maximum Gasteiger partial charge on any atom is 0.322 e. The van der Waals surface area contributed by atoms with Crippen LogP contribution in [0, 0.1) is 19.8 Å². The van der Waals surface area contributed by atoms with Crippen LogP contribution in [0.5, 0.6) is 5.75 Å². The van der Waals surface area contributed by atoms with Gasteiger partial charge in [0.25, 0.3) is 0 Å². The number of nitrogens with one attached hydrogen (secondary N) is 2. The van der Waals surface area contributed by atoms with Crippen molar-refractivity contribution in [3.8, 4) is 11.4 Å². The summed E-state index contributed by atoms with van der Waals surface area (Å²) < 4.78 is 7.12. The van der Waals surface area contributed by atoms with Crippen LogP contribution < -0.4 is 15.4 Å². The summed E-state index contributed by atoms with van der Waals surface area (Å²) >= 11 is 0. The highest BCUT2D eigenvalue weighted by molar-refractivity contribution is 5.97. The summed E-state index contributed by atoms with van der Waals surface area (Å²) in [6.45, 7) is 14.6. The highest BCUT2D eigenvalue weighted by atomic mass is 16.5. The Labute approximate surface area is 220 Å². The third-order valence-electron chi connectivity index (χ3n) is 5.88. The van der Waals surface area contributed by atoms with Crippen LogP contribution in [0.3, 0.4) is 0 Å². The summed E-state index contributed by atoms with van der Waals surface area (Å²) in [6.07, 6.45) is 0. The van der Waals surface area contributed by atoms with Crippen LogP contribution in [-0.2, 0) is 10.2 Å². The van der Waals surface area contributed by atoms with Gasteiger partial charge in [0, 0.05) is 18.0 Å². The number of hydrogen-bond donors (Lipinski definition) is 2. The summed E-state index contributed by atoms with van der Waals surface area (Å²) in [4.78, 5) is 27.9. The minimum absolute atomic E-state index is 0.109. The molecule has 198 valence electrons. The van der Waals surface area contributed by atoms with E-state index < -0.39 is 0 Å². The van der Waals surface area contributed by atoms with E-state index in [1.807, 2.05) is 58.0 Å². The largest absolute Gasteiger partial charge is 0.495 e. The molecule has 2 N–H and O–H groups in total. The van der Waals surface area contributed by atoms with Crippen molar-refractivity contribution in [1.29, 1.82) is 0 Å². The molecule has 0 fully saturated rings. The van der Waals surface area contributed by atoms with Crippen LogP contribution in [0.2, 0.25) is 0 Å². The number of aryl methyl sites for hydroxylation is 2. The number of rotatable bonds is 8. The first kappa shape index (κ1) is 27.8. The van der Waals surface area contributed by atoms with Crippen molar-refractivity contribution in [2.75, 3.05) is 30.8 Å². The van der Waals surface area contributed by atoms with Gasteiger partial charge in [0.15, 0.2) is 0 Å². The number of ether oxygens (including phenoxy) is 1. The predicted octanol–water partition coefficient (Wildman–Crippen LogP) is 5.92. The first-order chi connectivity index (χ1) is 17.4. The van der Waals surface area contributed by atoms with Crippen molar-refractivity contribution in [3.05, 3.63) is 65.4 Å². The number of aromatic nitrogens is 2. The van der Waals surface area contributed by atoms with Crippen LogP contribution in [0.1, 0.15) is 51.4 Å². The lowest BCUT2D eigenvalue weighted by Crippen LogP contribution is -2.42. The Bertz CT molecular complexity index is 1260. The van der Waals surface area contributed by atoms with E-state index in [9.17, 15) is 9.59 Å². The number of urea groups is 1. The monoisotopic (exact) mass is 505 g/mol. The summed E-state index contributed by atoms with van der Waals surface area (Å²) in [7, 11) is 1.55. The highest BCUT2D eigenvalue weighted by Crippen LogP contribution is 2.28. The van der Waals surface area contributed by atoms with Crippen molar-refractivity contribution in [1.82, 2.24) is 14.7 Å². The fourth-order valence-electron chi connectivity index (χ4n) is 4.02. The Morgan fingerprint density at radius 3 is 2.38 bits per heavy atom. The number of methoxy groups -OCH3 is 1. The van der Waals surface area contributed by atoms with Gasteiger partial charge in [-0.2, -0.15) is 5.10 Å². The van der Waals surface area contributed by atoms with E-state index in [1.54, 1.807) is 23.9 Å². The van der Waals surface area contributed by atoms with Gasteiger partial charge in [-0.1, -0.05) is 64.4 Å². The molecule has 0 atom stereocenters. The van der Waals surface area contributed by atoms with Gasteiger partial charge in [0.05, 0.1) is 24.2 Å². The van der Waals surface area contributed by atoms with Crippen molar-refractivity contribution >= 4 is 23.4 Å². The van der Waals surface area contributed by atoms with E-state index in [4.69, 9.17) is 9.84 Å². The molecule has 0 saturated heterocycles. The molecule has 0 radical (unpaired) electrons. The lowest BCUT2D eigenvalue weighted by molar-refractivity contribution is -0.116. The number of para-hydroxylation sites is 2. The Hall–Kier alpha value is -3.81. The Morgan fingerprint density at radius 1 is 1.05 bits per heavy atom. The molecule has 0 aliphatic carbocycles. The maximum atomic E-state index is 13.3. The number of amides is 3. The Morgan fingerprint density at radius 2 is 1.76 bits per heavy atom. The third-order valence-corrected chi connectivity index (χ3v) is 5.88. The first-order valence-electron chi connectivity index (χ1n) is 12.6. The van der Waals surface area contributed by atoms with Gasteiger partial charge >= 0.3 is 6.03 Å². The normalized spacial score (nSPS) is 11.4. The summed E-state index contributed by atoms with van der Waals surface area (Å²) in [5.41, 5.74) is 4.30. The predicted molar refractivity (Wildman–Crippen MR) is 149 cm³/mol. The first-order valence-corrected chi connectivity index (χ1v) is 12.6. The molecule has 0 bridgehead atoms. The van der Waals surface area contributed by atoms with Crippen LogP contribution in [0.15, 0.2) is 48.5 Å². The average molecular weight is 506 g/mol. The minimum atomic E-state index is -0.369. The minimum Gasteiger partial charge on any atom is -0.495 e. The van der Waals surface area contributed by atoms with Gasteiger partial charge in [-0.25, -0.2) is 9.48 Å². The molecule has 1 heterocycles. The number of hydrogen-bond acceptors (Lipinski definition) is 4. The second kappa shape index (κ2) is 11.5. The summed E-state index contributed by atoms with van der Waals surface area (Å²) in [6, 6.07) is 14.8. The van der Waals surface area contributed by atoms with E-state index in [-0.39, 0.29) is 29.8 Å². The Balaban J connectivity index is 1.86. The van der Waals surface area contributed by atoms with Crippen LogP contribution in [0.25, 0.3) is 5.69 Å². The lowest BCUT2D eigenvalue weighted by Gasteiger charge is -2.25. The van der Waals surface area contributed by atoms with Gasteiger partial charge in [-0.15, -0.1) is 0 Å². The molecule has 0 unspecified atom stereocenters. The second-order valence-corrected chi connectivity index (χ2v) is 10.8. The molecule has 3 rings (SSSR count). The van der Waals surface area contributed by atoms with E-state index in [1.165, 1.54) is 4.90 Å². The molecule has 3 aromatic rings. The molecule has 0 aliphatic heterocycles. The van der Waals surface area contributed by atoms with E-state index >= 15 is 0 Å². The van der Waals surface area contributed by atoms with Gasteiger partial charge in [0.1, 0.15) is 18.1 Å². The summed E-state index contributed by atoms with van der Waals surface area (Å²) in [5.74, 6) is 0.986. The van der Waals surface area contributed by atoms with Gasteiger partial charge in [-0.3, -0.25) is 4.79 Å². The topological polar surface area (TPSA) is 88.5 Å². The summed E-state index contributed by atoms with van der Waals surface area (Å²) in [5, 5.41) is 10.7. The zero-order chi connectivity index (χ0) is 27.3. The zero-order valence-corrected chi connectivity index (χ0v) is 23.2. The molecule has 0 spiro atoms. The lowest BCUT2D eigenvalue weighted by atomic mass is 9.92. The molecular formula is C29H39N5O3. The number of nitrogens with zero attached hydrogens (tertiary/aromatic N) is 3. The molecular weight excluding hydrogens is 466 g/mol. The number of carbonyl (C=O) groups excluding carboxylic acids is 2. The molecule has 37 heavy (non-hydrogen) atoms. The van der Waals surface area contributed by atoms with Gasteiger partial charge < -0.3 is 20.3 Å². The van der Waals surface area contributed by atoms with E-state index in [2.05, 4.69) is 37.5 Å². The highest BCUT2D eigenvalue weighted by Gasteiger charge is 2.24. The quantitative estimate of drug-likeness (QED) is 0.397. The zero-order valence-electron chi connectivity index (χ0n) is 23.2. The van der Waals surface area contributed by atoms with Crippen molar-refractivity contribution < 1.29 is 14.3 Å². The van der Waals surface area contributed by atoms with Crippen LogP contribution >= 0.6 is 0 Å². The molecule has 1 aromatic heterocycles. The smallest absolute Gasteiger partial charge is 0.322 e. The van der Waals surface area contributed by atoms with E-state index in [0.717, 1.165) is 22.5 Å². The third kappa shape index (κ3) is 7.12. The average Bonchev–Trinajstić information content (AvgIpc) is 3.22. The van der Waals surface area contributed by atoms with Crippen LogP contribution in [0.4, 0.5) is 16.3 Å². The standard InChI is InChI=1S/C29H39N5O3/c1-19(2)17-33(28(36)30-22-11-9-10-12-24(22)37-8)18-27(35)31-26-16-25(29(5,6)7)32-34(26)23-14-13-20(3)15-21(23)4/h9-16,19H,17-18H2,1-8H3,(H,30,36)(H,31,35). The SMILES string of the molecule is COc1ccccc1NC(=O)N(CC(=O)Nc1cc(C(C)(C)C)nn1-c1ccc(C)cc1C)CC(C)C. The number of carbonyl (C=O) groups is 2. The van der Waals surface area contributed by atoms with Crippen molar-refractivity contribution in [2.24, 2.45) is 5.92 Å². The number of anilines is 2. The fourth-order valence-corrected chi connectivity index (χ4v) is 4.02. The molecule has 2 aromatic carbocycles. The molecule has 0 saturated carbocycles. The van der Waals surface area contributed by atoms with Gasteiger partial charge in [-0.05, 0) is 43.5 Å². The molecule has 0 aliphatic rings. The van der Waals surface area contributed by atoms with Crippen molar-refractivity contribution in [3.63, 3.8) is 0 Å². The van der Waals surface area contributed by atoms with E-state index in [0.29, 0.717) is 23.8 Å². The second-order valence-electron chi connectivity index (χ2n) is 10.8. The fraction of sp³-hybridized carbons (Fsp3) is 0.414. The van der Waals surface area contributed by atoms with Gasteiger partial charge in [0.2, 0.25) is 5.91 Å². The number of benzene rings is 2. The molecule has 3 amide bonds. The molecule has 8 heteroatoms. The molecule has 8 nitrogen and oxygen atoms in total. The Kier molecular flexibility index (Phi) is 8.63. The van der Waals surface area contributed by atoms with Crippen LogP contribution in [-0.4, -0.2) is 46.8 Å². The maximum absolute atomic E-state index is 13.3.